The fourth-order valence-electron chi connectivity index (χ4n) is 10.0. The SMILES string of the molecule is CC(CCC[C@@H](C)[C@H]1CC[C@H]2[C@@H]3CCC4CCCC[C@]4(C)[C@H]3CC[C@]12C)COC(=O)CCCC(=O)O. The molecule has 4 aliphatic carbocycles. The van der Waals surface area contributed by atoms with Crippen LogP contribution in [0, 0.1) is 52.3 Å². The van der Waals surface area contributed by atoms with E-state index in [0.717, 1.165) is 41.9 Å². The summed E-state index contributed by atoms with van der Waals surface area (Å²) in [4.78, 5) is 22.4. The van der Waals surface area contributed by atoms with Gasteiger partial charge < -0.3 is 9.84 Å². The van der Waals surface area contributed by atoms with Gasteiger partial charge in [0.1, 0.15) is 0 Å². The minimum atomic E-state index is -0.855. The Balaban J connectivity index is 1.22. The molecule has 0 bridgehead atoms. The smallest absolute Gasteiger partial charge is 0.305 e. The molecular formula is C32H54O4. The van der Waals surface area contributed by atoms with E-state index in [0.29, 0.717) is 29.8 Å². The zero-order valence-corrected chi connectivity index (χ0v) is 23.7. The standard InChI is InChI=1S/C32H54O4/c1-22(21-36-30(35)13-8-12-29(33)34)9-7-10-23(2)26-16-17-27-25-15-14-24-11-5-6-19-31(24,3)28(25)18-20-32(26,27)4/h22-28H,5-21H2,1-4H3,(H,33,34)/t22?,23-,24?,25+,26-,27+,28+,31+,32-/m1/s1. The van der Waals surface area contributed by atoms with Crippen molar-refractivity contribution in [1.29, 1.82) is 0 Å². The third kappa shape index (κ3) is 5.83. The van der Waals surface area contributed by atoms with Crippen molar-refractivity contribution in [2.45, 2.75) is 130 Å². The summed E-state index contributed by atoms with van der Waals surface area (Å²) >= 11 is 0. The van der Waals surface area contributed by atoms with Crippen molar-refractivity contribution in [3.8, 4) is 0 Å². The van der Waals surface area contributed by atoms with E-state index in [2.05, 4.69) is 27.7 Å². The Morgan fingerprint density at radius 2 is 1.64 bits per heavy atom. The van der Waals surface area contributed by atoms with E-state index in [1.807, 2.05) is 0 Å². The highest BCUT2D eigenvalue weighted by molar-refractivity contribution is 5.71. The topological polar surface area (TPSA) is 63.6 Å². The van der Waals surface area contributed by atoms with Crippen molar-refractivity contribution in [2.75, 3.05) is 6.61 Å². The highest BCUT2D eigenvalue weighted by atomic mass is 16.5. The summed E-state index contributed by atoms with van der Waals surface area (Å²) in [6.07, 6.45) is 19.0. The minimum absolute atomic E-state index is 0.0325. The van der Waals surface area contributed by atoms with Crippen LogP contribution in [0.1, 0.15) is 130 Å². The minimum Gasteiger partial charge on any atom is -0.481 e. The Morgan fingerprint density at radius 3 is 2.42 bits per heavy atom. The second kappa shape index (κ2) is 11.8. The average molecular weight is 503 g/mol. The van der Waals surface area contributed by atoms with Crippen LogP contribution in [0.15, 0.2) is 0 Å². The highest BCUT2D eigenvalue weighted by Gasteiger charge is 2.60. The van der Waals surface area contributed by atoms with E-state index in [9.17, 15) is 9.59 Å². The molecule has 0 aromatic heterocycles. The molecule has 9 atom stereocenters. The van der Waals surface area contributed by atoms with Gasteiger partial charge in [-0.15, -0.1) is 0 Å². The predicted octanol–water partition coefficient (Wildman–Crippen LogP) is 8.28. The highest BCUT2D eigenvalue weighted by Crippen LogP contribution is 2.68. The Morgan fingerprint density at radius 1 is 0.861 bits per heavy atom. The first-order valence-corrected chi connectivity index (χ1v) is 15.5. The molecule has 0 aromatic rings. The van der Waals surface area contributed by atoms with E-state index in [-0.39, 0.29) is 18.8 Å². The molecular weight excluding hydrogens is 448 g/mol. The Kier molecular flexibility index (Phi) is 9.14. The van der Waals surface area contributed by atoms with Gasteiger partial charge in [-0.2, -0.15) is 0 Å². The monoisotopic (exact) mass is 502 g/mol. The van der Waals surface area contributed by atoms with Gasteiger partial charge in [-0.1, -0.05) is 53.4 Å². The largest absolute Gasteiger partial charge is 0.481 e. The van der Waals surface area contributed by atoms with E-state index < -0.39 is 5.97 Å². The van der Waals surface area contributed by atoms with Gasteiger partial charge in [0.15, 0.2) is 0 Å². The first-order chi connectivity index (χ1) is 17.1. The molecule has 0 spiro atoms. The lowest BCUT2D eigenvalue weighted by atomic mass is 9.44. The van der Waals surface area contributed by atoms with Crippen molar-refractivity contribution >= 4 is 11.9 Å². The van der Waals surface area contributed by atoms with E-state index in [1.165, 1.54) is 77.0 Å². The van der Waals surface area contributed by atoms with Gasteiger partial charge in [0.05, 0.1) is 6.61 Å². The van der Waals surface area contributed by atoms with Crippen LogP contribution < -0.4 is 0 Å². The molecule has 1 N–H and O–H groups in total. The molecule has 0 amide bonds. The molecule has 0 saturated heterocycles. The van der Waals surface area contributed by atoms with Gasteiger partial charge in [-0.05, 0) is 116 Å². The maximum Gasteiger partial charge on any atom is 0.305 e. The van der Waals surface area contributed by atoms with Crippen LogP contribution in [0.2, 0.25) is 0 Å². The van der Waals surface area contributed by atoms with Crippen LogP contribution >= 0.6 is 0 Å². The van der Waals surface area contributed by atoms with Crippen molar-refractivity contribution in [3.63, 3.8) is 0 Å². The molecule has 4 nitrogen and oxygen atoms in total. The third-order valence-electron chi connectivity index (χ3n) is 12.0. The number of hydrogen-bond acceptors (Lipinski definition) is 3. The number of rotatable bonds is 11. The molecule has 4 rings (SSSR count). The van der Waals surface area contributed by atoms with E-state index >= 15 is 0 Å². The quantitative estimate of drug-likeness (QED) is 0.289. The van der Waals surface area contributed by atoms with Crippen LogP contribution in [-0.2, 0) is 14.3 Å². The zero-order chi connectivity index (χ0) is 25.9. The molecule has 4 saturated carbocycles. The van der Waals surface area contributed by atoms with E-state index in [1.54, 1.807) is 0 Å². The Bertz CT molecular complexity index is 763. The first kappa shape index (κ1) is 28.0. The lowest BCUT2D eigenvalue weighted by Crippen LogP contribution is -2.53. The third-order valence-corrected chi connectivity index (χ3v) is 12.0. The fraction of sp³-hybridized carbons (Fsp3) is 0.938. The number of hydrogen-bond donors (Lipinski definition) is 1. The maximum absolute atomic E-state index is 11.8. The number of carboxylic acid groups (broad SMARTS) is 1. The van der Waals surface area contributed by atoms with Gasteiger partial charge in [-0.3, -0.25) is 9.59 Å². The predicted molar refractivity (Wildman–Crippen MR) is 144 cm³/mol. The van der Waals surface area contributed by atoms with Gasteiger partial charge in [0.2, 0.25) is 0 Å². The second-order valence-corrected chi connectivity index (χ2v) is 14.1. The van der Waals surface area contributed by atoms with Crippen LogP contribution in [0.25, 0.3) is 0 Å². The number of aliphatic carboxylic acids is 1. The van der Waals surface area contributed by atoms with E-state index in [4.69, 9.17) is 9.84 Å². The maximum atomic E-state index is 11.8. The first-order valence-electron chi connectivity index (χ1n) is 15.5. The number of carbonyl (C=O) groups excluding carboxylic acids is 1. The van der Waals surface area contributed by atoms with Gasteiger partial charge in [0, 0.05) is 12.8 Å². The van der Waals surface area contributed by atoms with Gasteiger partial charge in [-0.25, -0.2) is 0 Å². The molecule has 0 aliphatic heterocycles. The molecule has 0 aromatic carbocycles. The summed E-state index contributed by atoms with van der Waals surface area (Å²) in [5.74, 6) is 4.88. The summed E-state index contributed by atoms with van der Waals surface area (Å²) in [6, 6.07) is 0. The van der Waals surface area contributed by atoms with Crippen molar-refractivity contribution in [1.82, 2.24) is 0 Å². The Labute approximate surface area is 220 Å². The summed E-state index contributed by atoms with van der Waals surface area (Å²) in [5.41, 5.74) is 1.19. The molecule has 4 fully saturated rings. The number of carboxylic acids is 1. The fourth-order valence-corrected chi connectivity index (χ4v) is 10.0. The number of fused-ring (bicyclic) bond motifs is 5. The molecule has 0 heterocycles. The normalized spacial score (nSPS) is 39.4. The summed E-state index contributed by atoms with van der Waals surface area (Å²) in [7, 11) is 0. The second-order valence-electron chi connectivity index (χ2n) is 14.1. The molecule has 36 heavy (non-hydrogen) atoms. The van der Waals surface area contributed by atoms with Crippen LogP contribution in [-0.4, -0.2) is 23.7 Å². The van der Waals surface area contributed by atoms with Crippen molar-refractivity contribution in [2.24, 2.45) is 52.3 Å². The summed E-state index contributed by atoms with van der Waals surface area (Å²) in [5, 5.41) is 8.70. The lowest BCUT2D eigenvalue weighted by Gasteiger charge is -2.61. The Hall–Kier alpha value is -1.06. The summed E-state index contributed by atoms with van der Waals surface area (Å²) < 4.78 is 5.39. The van der Waals surface area contributed by atoms with Crippen molar-refractivity contribution < 1.29 is 19.4 Å². The average Bonchev–Trinajstić information content (AvgIpc) is 3.19. The zero-order valence-electron chi connectivity index (χ0n) is 23.7. The lowest BCUT2D eigenvalue weighted by molar-refractivity contribution is -0.145. The van der Waals surface area contributed by atoms with Crippen LogP contribution in [0.4, 0.5) is 0 Å². The molecule has 2 unspecified atom stereocenters. The molecule has 4 heteroatoms. The molecule has 206 valence electrons. The molecule has 0 radical (unpaired) electrons. The number of carbonyl (C=O) groups is 2. The van der Waals surface area contributed by atoms with Crippen LogP contribution in [0.5, 0.6) is 0 Å². The molecule has 4 aliphatic rings. The number of ether oxygens (including phenoxy) is 1. The van der Waals surface area contributed by atoms with Crippen molar-refractivity contribution in [3.05, 3.63) is 0 Å². The summed E-state index contributed by atoms with van der Waals surface area (Å²) in [6.45, 7) is 10.5. The number of esters is 1. The van der Waals surface area contributed by atoms with Gasteiger partial charge in [0.25, 0.3) is 0 Å². The van der Waals surface area contributed by atoms with Crippen LogP contribution in [0.3, 0.4) is 0 Å². The van der Waals surface area contributed by atoms with Gasteiger partial charge >= 0.3 is 11.9 Å².